The van der Waals surface area contributed by atoms with Crippen molar-refractivity contribution in [2.75, 3.05) is 0 Å². The van der Waals surface area contributed by atoms with Gasteiger partial charge in [0.05, 0.1) is 0 Å². The van der Waals surface area contributed by atoms with Crippen LogP contribution in [0.3, 0.4) is 0 Å². The van der Waals surface area contributed by atoms with Crippen molar-refractivity contribution in [1.82, 2.24) is 0 Å². The van der Waals surface area contributed by atoms with Crippen LogP contribution in [-0.4, -0.2) is 93.0 Å². The van der Waals surface area contributed by atoms with E-state index in [1.807, 2.05) is 0 Å². The van der Waals surface area contributed by atoms with E-state index in [1.165, 1.54) is 0 Å². The molecule has 0 bridgehead atoms. The average molecular weight is 219 g/mol. The summed E-state index contributed by atoms with van der Waals surface area (Å²) in [5.41, 5.74) is 0. The molecule has 0 rings (SSSR count). The normalized spacial score (nSPS) is 7.25. The second-order valence-electron chi connectivity index (χ2n) is 0.448. The third-order valence-electron chi connectivity index (χ3n) is 0. The molecule has 0 fully saturated rings. The Morgan fingerprint density at radius 3 is 1.00 bits per heavy atom. The van der Waals surface area contributed by atoms with Gasteiger partial charge in [-0.2, -0.15) is 8.42 Å². The van der Waals surface area contributed by atoms with E-state index in [-0.39, 0.29) is 87.9 Å². The molecule has 0 spiro atoms. The van der Waals surface area contributed by atoms with Crippen LogP contribution in [-0.2, 0) is 10.4 Å². The summed E-state index contributed by atoms with van der Waals surface area (Å²) in [6, 6.07) is 0. The molecule has 0 heterocycles. The maximum absolute atomic E-state index is 8.74. The Bertz CT molecular complexity index is 97.2. The molecule has 8 heteroatoms. The summed E-state index contributed by atoms with van der Waals surface area (Å²) in [4.78, 5) is 0. The minimum absolute atomic E-state index is 0. The Morgan fingerprint density at radius 2 is 1.00 bits per heavy atom. The zero-order chi connectivity index (χ0) is 4.50. The summed E-state index contributed by atoms with van der Waals surface area (Å²) in [5, 5.41) is 0. The molecule has 0 aromatic carbocycles. The zero-order valence-electron chi connectivity index (χ0n) is 2.53. The molecule has 4 nitrogen and oxygen atoms in total. The monoisotopic (exact) mass is 218 g/mol. The van der Waals surface area contributed by atoms with E-state index >= 15 is 0 Å². The van der Waals surface area contributed by atoms with Crippen LogP contribution in [0.15, 0.2) is 0 Å². The van der Waals surface area contributed by atoms with Gasteiger partial charge in [0.15, 0.2) is 0 Å². The van der Waals surface area contributed by atoms with Crippen LogP contribution in [0.2, 0.25) is 0 Å². The minimum atomic E-state index is -4.67. The van der Waals surface area contributed by atoms with Gasteiger partial charge >= 0.3 is 85.9 Å². The number of hydrogen-bond donors (Lipinski definition) is 2. The molecule has 0 amide bonds. The van der Waals surface area contributed by atoms with Crippen molar-refractivity contribution in [3.05, 3.63) is 0 Å². The summed E-state index contributed by atoms with van der Waals surface area (Å²) in [6.45, 7) is 0. The predicted octanol–water partition coefficient (Wildman–Crippen LogP) is -2.06. The van der Waals surface area contributed by atoms with Gasteiger partial charge < -0.3 is 0 Å². The molecule has 0 saturated heterocycles. The van der Waals surface area contributed by atoms with Gasteiger partial charge in [-0.05, 0) is 0 Å². The Hall–Kier alpha value is 2.68. The average Bonchev–Trinajstić information content (AvgIpc) is 0.722. The van der Waals surface area contributed by atoms with Crippen LogP contribution in [0.25, 0.3) is 0 Å². The molecule has 0 saturated carbocycles. The fourth-order valence-electron chi connectivity index (χ4n) is 0. The van der Waals surface area contributed by atoms with E-state index in [4.69, 9.17) is 17.5 Å². The molecule has 48 valence electrons. The summed E-state index contributed by atoms with van der Waals surface area (Å²) >= 11 is 0. The van der Waals surface area contributed by atoms with E-state index in [1.54, 1.807) is 0 Å². The van der Waals surface area contributed by atoms with Crippen molar-refractivity contribution in [3.63, 3.8) is 0 Å². The van der Waals surface area contributed by atoms with Crippen molar-refractivity contribution in [3.8, 4) is 0 Å². The van der Waals surface area contributed by atoms with Crippen LogP contribution in [0.5, 0.6) is 0 Å². The Balaban J connectivity index is -0.0000000267. The van der Waals surface area contributed by atoms with E-state index in [0.29, 0.717) is 0 Å². The second-order valence-corrected chi connectivity index (χ2v) is 1.34. The first-order chi connectivity index (χ1) is 2.00. The fourth-order valence-corrected chi connectivity index (χ4v) is 0. The van der Waals surface area contributed by atoms with Gasteiger partial charge in [0.2, 0.25) is 0 Å². The van der Waals surface area contributed by atoms with E-state index < -0.39 is 10.4 Å². The molecular weight excluding hydrogens is 212 g/mol. The van der Waals surface area contributed by atoms with E-state index in [0.717, 1.165) is 0 Å². The quantitative estimate of drug-likeness (QED) is 0.362. The first-order valence-corrected chi connectivity index (χ1v) is 2.10. The van der Waals surface area contributed by atoms with Gasteiger partial charge in [-0.15, -0.1) is 12.4 Å². The fraction of sp³-hybridized carbons (Fsp3) is 0. The standard InChI is InChI=1S/2Ca.ClH.H2O4S.4H/c;;;1-5(2,3)4;;;;/h;;1H;(H2,1,2,3,4);;;;. The molecule has 0 aliphatic rings. The van der Waals surface area contributed by atoms with Crippen molar-refractivity contribution in [2.45, 2.75) is 0 Å². The van der Waals surface area contributed by atoms with Gasteiger partial charge in [-0.1, -0.05) is 0 Å². The summed E-state index contributed by atoms with van der Waals surface area (Å²) in [5.74, 6) is 0. The molecule has 0 atom stereocenters. The molecule has 0 aliphatic carbocycles. The van der Waals surface area contributed by atoms with Crippen LogP contribution in [0, 0.1) is 0 Å². The second kappa shape index (κ2) is 9.68. The third-order valence-corrected chi connectivity index (χ3v) is 0. The van der Waals surface area contributed by atoms with E-state index in [9.17, 15) is 0 Å². The molecule has 0 aliphatic heterocycles. The van der Waals surface area contributed by atoms with Crippen LogP contribution in [0.1, 0.15) is 0 Å². The molecule has 0 unspecified atom stereocenters. The molecular formula is H7Ca2ClO4S. The Kier molecular flexibility index (Phi) is 27.1. The van der Waals surface area contributed by atoms with Crippen molar-refractivity contribution in [2.24, 2.45) is 0 Å². The van der Waals surface area contributed by atoms with Gasteiger partial charge in [-0.3, -0.25) is 9.11 Å². The first kappa shape index (κ1) is 22.4. The maximum atomic E-state index is 8.74. The van der Waals surface area contributed by atoms with Crippen molar-refractivity contribution in [1.29, 1.82) is 0 Å². The molecule has 2 N–H and O–H groups in total. The van der Waals surface area contributed by atoms with Gasteiger partial charge in [0, 0.05) is 0 Å². The first-order valence-electron chi connectivity index (χ1n) is 0.698. The topological polar surface area (TPSA) is 74.6 Å². The van der Waals surface area contributed by atoms with Crippen molar-refractivity contribution >= 4 is 98.3 Å². The van der Waals surface area contributed by atoms with Crippen molar-refractivity contribution < 1.29 is 17.5 Å². The predicted molar refractivity (Wildman–Crippen MR) is 38.5 cm³/mol. The van der Waals surface area contributed by atoms with Crippen LogP contribution in [0.4, 0.5) is 0 Å². The molecule has 8 heavy (non-hydrogen) atoms. The zero-order valence-corrected chi connectivity index (χ0v) is 4.16. The number of halogens is 1. The summed E-state index contributed by atoms with van der Waals surface area (Å²) in [7, 11) is -4.67. The van der Waals surface area contributed by atoms with Crippen LogP contribution < -0.4 is 0 Å². The molecule has 0 aromatic rings. The molecule has 0 radical (unpaired) electrons. The van der Waals surface area contributed by atoms with Gasteiger partial charge in [0.1, 0.15) is 0 Å². The SMILES string of the molecule is Cl.O=S(=O)(O)O.[CaH2].[CaH2]. The van der Waals surface area contributed by atoms with Gasteiger partial charge in [-0.25, -0.2) is 0 Å². The number of rotatable bonds is 0. The molecule has 0 aromatic heterocycles. The Morgan fingerprint density at radius 1 is 1.00 bits per heavy atom. The van der Waals surface area contributed by atoms with Crippen LogP contribution >= 0.6 is 12.4 Å². The third kappa shape index (κ3) is 71.3. The number of hydrogen-bond acceptors (Lipinski definition) is 2. The van der Waals surface area contributed by atoms with E-state index in [2.05, 4.69) is 0 Å². The summed E-state index contributed by atoms with van der Waals surface area (Å²) < 4.78 is 31.6. The van der Waals surface area contributed by atoms with Gasteiger partial charge in [0.25, 0.3) is 0 Å². The Labute approximate surface area is 113 Å². The summed E-state index contributed by atoms with van der Waals surface area (Å²) in [6.07, 6.45) is 0.